The molecule has 0 unspecified atom stereocenters. The van der Waals surface area contributed by atoms with Gasteiger partial charge in [0.25, 0.3) is 0 Å². The Kier molecular flexibility index (Phi) is 35.5. The summed E-state index contributed by atoms with van der Waals surface area (Å²) in [5, 5.41) is 48.5. The topological polar surface area (TPSA) is 556 Å². The van der Waals surface area contributed by atoms with Gasteiger partial charge in [0.1, 0.15) is 60.7 Å². The fourth-order valence-electron chi connectivity index (χ4n) is 7.21. The van der Waals surface area contributed by atoms with Crippen molar-refractivity contribution in [1.29, 1.82) is 0 Å². The fourth-order valence-corrected chi connectivity index (χ4v) is 11.0. The molecule has 0 amide bonds. The normalized spacial score (nSPS) is 11.6. The van der Waals surface area contributed by atoms with E-state index in [0.717, 1.165) is 24.3 Å². The first-order valence-electron chi connectivity index (χ1n) is 22.0. The van der Waals surface area contributed by atoms with Gasteiger partial charge in [-0.1, -0.05) is 12.1 Å². The SMILES string of the molecule is O=S(=O)([O-])c1ccc(S(=O)(=O)[O-])c(Nc2nc(Nc3ccc(CCc4ccc(Nc5nc(Nc6cc(S(=O)(=O)[O-])ccc6S(=O)(=O)[O-])nc(N(CCO)CCO)n5)cc4S(=O)(=O)[O-])c(S(=O)(=O)[O-])c3)nc(N(CCO)CCO)n2)c1.[Na+].[Na+].[Na+].[Na+].[Na+].[Na+]. The molecule has 2 heterocycles. The van der Waals surface area contributed by atoms with E-state index in [0.29, 0.717) is 36.4 Å². The largest absolute Gasteiger partial charge is 1.00 e. The molecule has 0 aliphatic rings. The molecule has 0 spiro atoms. The molecule has 2 aromatic heterocycles. The maximum absolute atomic E-state index is 12.7. The summed E-state index contributed by atoms with van der Waals surface area (Å²) in [7, 11) is -32.1. The van der Waals surface area contributed by atoms with Gasteiger partial charge in [-0.2, -0.15) is 29.9 Å². The van der Waals surface area contributed by atoms with Crippen molar-refractivity contribution in [2.75, 3.05) is 83.7 Å². The van der Waals surface area contributed by atoms with E-state index in [1.807, 2.05) is 0 Å². The van der Waals surface area contributed by atoms with Crippen LogP contribution in [0.25, 0.3) is 0 Å². The average Bonchev–Trinajstić information content (AvgIpc) is 3.34. The summed E-state index contributed by atoms with van der Waals surface area (Å²) in [4.78, 5) is 20.9. The van der Waals surface area contributed by atoms with Crippen molar-refractivity contribution in [2.24, 2.45) is 0 Å². The van der Waals surface area contributed by atoms with E-state index in [1.165, 1.54) is 21.9 Å². The summed E-state index contributed by atoms with van der Waals surface area (Å²) in [6, 6.07) is 9.33. The van der Waals surface area contributed by atoms with E-state index in [1.54, 1.807) is 0 Å². The molecule has 0 aliphatic heterocycles. The minimum Gasteiger partial charge on any atom is -0.744 e. The second-order valence-electron chi connectivity index (χ2n) is 16.1. The summed E-state index contributed by atoms with van der Waals surface area (Å²) in [5.41, 5.74) is -2.59. The summed E-state index contributed by atoms with van der Waals surface area (Å²) < 4.78 is 220. The first-order valence-corrected chi connectivity index (χ1v) is 30.5. The number of benzene rings is 4. The summed E-state index contributed by atoms with van der Waals surface area (Å²) >= 11 is 0. The monoisotopic (exact) mass is 1370 g/mol. The van der Waals surface area contributed by atoms with Crippen LogP contribution in [0.1, 0.15) is 11.1 Å². The van der Waals surface area contributed by atoms with Crippen molar-refractivity contribution >= 4 is 119 Å². The number of aromatic nitrogens is 6. The van der Waals surface area contributed by atoms with Crippen LogP contribution in [0.5, 0.6) is 0 Å². The third-order valence-electron chi connectivity index (χ3n) is 10.7. The van der Waals surface area contributed by atoms with Crippen LogP contribution in [-0.2, 0) is 73.6 Å². The van der Waals surface area contributed by atoms with Crippen molar-refractivity contribution in [2.45, 2.75) is 42.2 Å². The van der Waals surface area contributed by atoms with Gasteiger partial charge in [0.2, 0.25) is 35.7 Å². The van der Waals surface area contributed by atoms with Crippen molar-refractivity contribution in [3.63, 3.8) is 0 Å². The van der Waals surface area contributed by atoms with Crippen molar-refractivity contribution in [3.05, 3.63) is 83.9 Å². The van der Waals surface area contributed by atoms with E-state index >= 15 is 0 Å². The average molecular weight is 1370 g/mol. The summed E-state index contributed by atoms with van der Waals surface area (Å²) in [6.07, 6.45) is -0.909. The number of hydrogen-bond donors (Lipinski definition) is 8. The molecular weight excluding hydrogens is 1330 g/mol. The number of aliphatic hydroxyl groups is 4. The molecule has 6 rings (SSSR count). The molecular formula is C40H40N12Na6O22S6. The zero-order chi connectivity index (χ0) is 59.2. The molecule has 86 heavy (non-hydrogen) atoms. The maximum atomic E-state index is 12.7. The molecule has 0 radical (unpaired) electrons. The number of rotatable bonds is 27. The van der Waals surface area contributed by atoms with Gasteiger partial charge in [-0.25, -0.2) is 50.5 Å². The second-order valence-corrected chi connectivity index (χ2v) is 24.3. The van der Waals surface area contributed by atoms with Gasteiger partial charge in [0.15, 0.2) is 0 Å². The number of nitrogens with zero attached hydrogens (tertiary/aromatic N) is 8. The van der Waals surface area contributed by atoms with Crippen LogP contribution in [0, 0.1) is 0 Å². The second kappa shape index (κ2) is 35.9. The first-order chi connectivity index (χ1) is 37.2. The van der Waals surface area contributed by atoms with Gasteiger partial charge in [0.05, 0.1) is 67.2 Å². The minimum atomic E-state index is -5.42. The van der Waals surface area contributed by atoms with E-state index < -0.39 is 165 Å². The van der Waals surface area contributed by atoms with E-state index in [4.69, 9.17) is 0 Å². The molecule has 46 heteroatoms. The number of anilines is 10. The Morgan fingerprint density at radius 3 is 0.884 bits per heavy atom. The molecule has 4 aromatic carbocycles. The van der Waals surface area contributed by atoms with Crippen molar-refractivity contribution in [3.8, 4) is 0 Å². The van der Waals surface area contributed by atoms with Crippen LogP contribution in [0.3, 0.4) is 0 Å². The zero-order valence-electron chi connectivity index (χ0n) is 46.2. The van der Waals surface area contributed by atoms with Crippen LogP contribution in [-0.4, -0.2) is 181 Å². The fraction of sp³-hybridized carbons (Fsp3) is 0.250. The van der Waals surface area contributed by atoms with Crippen LogP contribution in [0.15, 0.2) is 102 Å². The molecule has 0 fully saturated rings. The predicted octanol–water partition coefficient (Wildman–Crippen LogP) is -20.2. The molecule has 34 nitrogen and oxygen atoms in total. The Bertz CT molecular complexity index is 3780. The quantitative estimate of drug-likeness (QED) is 0.0175. The molecule has 6 aromatic rings. The minimum absolute atomic E-state index is 0. The Morgan fingerprint density at radius 2 is 0.628 bits per heavy atom. The van der Waals surface area contributed by atoms with Crippen LogP contribution in [0.2, 0.25) is 0 Å². The van der Waals surface area contributed by atoms with Crippen molar-refractivity contribution in [1.82, 2.24) is 29.9 Å². The number of aryl methyl sites for hydroxylation is 2. The maximum Gasteiger partial charge on any atom is 1.00 e. The standard InChI is InChI=1S/C40H46N12O22S6.6Na/c53-15-11-51(12-16-54)39-47-35(45-37(49-39)43-29-21-27(75(57,58)59)7-9-31(29)77(63,64)65)41-25-5-3-23(33(19-25)79(69,70)71)1-2-24-4-6-26(20-34(24)80(72,73)74)42-36-46-38(50-40(48-36)52(13-17-55)14-18-56)44-30-22-28(76(60,61)62)8-10-32(30)78(66,67)68;;;;;;/h3-10,19-22,53-56H,1-2,11-18H2,(H,57,58,59)(H,60,61,62)(H,63,64,65)(H,66,67,68)(H,69,70,71)(H,72,73,74)(H2,41,43,45,47,49)(H2,42,44,46,48,50);;;;;;/q;6*+1/p-6. The van der Waals surface area contributed by atoms with Gasteiger partial charge in [-0.15, -0.1) is 0 Å². The van der Waals surface area contributed by atoms with Gasteiger partial charge in [-0.05, 0) is 84.6 Å². The van der Waals surface area contributed by atoms with Gasteiger partial charge < -0.3 is 78.8 Å². The van der Waals surface area contributed by atoms with Crippen LogP contribution >= 0.6 is 0 Å². The van der Waals surface area contributed by atoms with E-state index in [9.17, 15) is 98.2 Å². The van der Waals surface area contributed by atoms with Gasteiger partial charge in [-0.3, -0.25) is 0 Å². The molecule has 0 saturated carbocycles. The number of aliphatic hydroxyl groups excluding tert-OH is 4. The third kappa shape index (κ3) is 24.2. The summed E-state index contributed by atoms with van der Waals surface area (Å²) in [6.45, 7) is -3.24. The first kappa shape index (κ1) is 85.0. The molecule has 0 bridgehead atoms. The summed E-state index contributed by atoms with van der Waals surface area (Å²) in [5.74, 6) is -3.19. The smallest absolute Gasteiger partial charge is 0.744 e. The van der Waals surface area contributed by atoms with Crippen molar-refractivity contribution < 1.29 is 276 Å². The van der Waals surface area contributed by atoms with Gasteiger partial charge in [0, 0.05) is 37.6 Å². The zero-order valence-corrected chi connectivity index (χ0v) is 63.1. The van der Waals surface area contributed by atoms with Crippen LogP contribution < -0.4 is 208 Å². The number of hydrogen-bond acceptors (Lipinski definition) is 34. The molecule has 0 atom stereocenters. The van der Waals surface area contributed by atoms with E-state index in [2.05, 4.69) is 51.2 Å². The molecule has 434 valence electrons. The Balaban J connectivity index is 0.0000120. The Morgan fingerprint density at radius 1 is 0.349 bits per heavy atom. The number of nitrogens with one attached hydrogen (secondary N) is 4. The Labute approximate surface area is 625 Å². The third-order valence-corrected chi connectivity index (χ3v) is 15.9. The predicted molar refractivity (Wildman–Crippen MR) is 267 cm³/mol. The molecule has 8 N–H and O–H groups in total. The molecule has 0 saturated heterocycles. The van der Waals surface area contributed by atoms with Gasteiger partial charge >= 0.3 is 177 Å². The van der Waals surface area contributed by atoms with Crippen LogP contribution in [0.4, 0.5) is 58.4 Å². The van der Waals surface area contributed by atoms with E-state index in [-0.39, 0.29) is 238 Å². The molecule has 0 aliphatic carbocycles. The Hall–Kier alpha value is -1.00.